The summed E-state index contributed by atoms with van der Waals surface area (Å²) >= 11 is 5.50. The molecule has 1 aromatic rings. The van der Waals surface area contributed by atoms with Gasteiger partial charge in [0, 0.05) is 6.54 Å². The fraction of sp³-hybridized carbons (Fsp3) is 0.286. The van der Waals surface area contributed by atoms with Crippen LogP contribution < -0.4 is 11.1 Å². The van der Waals surface area contributed by atoms with Crippen molar-refractivity contribution in [2.24, 2.45) is 5.73 Å². The first kappa shape index (κ1) is 10.7. The zero-order chi connectivity index (χ0) is 10.6. The number of nitrogens with one attached hydrogen (secondary N) is 1. The Morgan fingerprint density at radius 1 is 1.64 bits per heavy atom. The Morgan fingerprint density at radius 3 is 2.86 bits per heavy atom. The highest BCUT2D eigenvalue weighted by atomic mass is 35.5. The maximum Gasteiger partial charge on any atom is 0.322 e. The molecule has 0 aromatic carbocycles. The van der Waals surface area contributed by atoms with E-state index >= 15 is 0 Å². The monoisotopic (exact) mass is 216 g/mol. The molecule has 1 atom stereocenters. The first-order valence-corrected chi connectivity index (χ1v) is 4.19. The molecule has 0 radical (unpaired) electrons. The summed E-state index contributed by atoms with van der Waals surface area (Å²) in [6, 6.07) is 2.17. The van der Waals surface area contributed by atoms with E-state index in [2.05, 4.69) is 15.5 Å². The molecular weight excluding hydrogens is 208 g/mol. The van der Waals surface area contributed by atoms with Crippen molar-refractivity contribution in [3.63, 3.8) is 0 Å². The molecule has 0 spiro atoms. The number of nitrogens with zero attached hydrogens (tertiary/aromatic N) is 2. The summed E-state index contributed by atoms with van der Waals surface area (Å²) in [5, 5.41) is 18.7. The number of hydrogen-bond acceptors (Lipinski definition) is 5. The summed E-state index contributed by atoms with van der Waals surface area (Å²) in [6.07, 6.45) is 0. The third kappa shape index (κ3) is 3.15. The normalized spacial score (nSPS) is 12.1. The van der Waals surface area contributed by atoms with Gasteiger partial charge in [0.1, 0.15) is 11.9 Å². The number of aliphatic carboxylic acids is 1. The molecule has 1 heterocycles. The molecule has 0 amide bonds. The molecule has 0 aliphatic heterocycles. The second-order valence-corrected chi connectivity index (χ2v) is 2.95. The summed E-state index contributed by atoms with van der Waals surface area (Å²) in [5.41, 5.74) is 5.26. The van der Waals surface area contributed by atoms with Gasteiger partial charge in [0.05, 0.1) is 0 Å². The Bertz CT molecular complexity index is 316. The van der Waals surface area contributed by atoms with Gasteiger partial charge in [-0.15, -0.1) is 10.2 Å². The van der Waals surface area contributed by atoms with E-state index in [-0.39, 0.29) is 11.7 Å². The Hall–Kier alpha value is -1.40. The van der Waals surface area contributed by atoms with Crippen molar-refractivity contribution in [3.8, 4) is 0 Å². The SMILES string of the molecule is NC(CNc1ccc(Cl)nn1)C(=O)O. The van der Waals surface area contributed by atoms with E-state index in [0.29, 0.717) is 5.82 Å². The van der Waals surface area contributed by atoms with Crippen molar-refractivity contribution in [1.29, 1.82) is 0 Å². The number of nitrogens with two attached hydrogens (primary N) is 1. The standard InChI is InChI=1S/C7H9ClN4O2/c8-5-1-2-6(12-11-5)10-3-4(9)7(13)14/h1-2,4H,3,9H2,(H,10,12)(H,13,14). The molecular formula is C7H9ClN4O2. The summed E-state index contributed by atoms with van der Waals surface area (Å²) in [7, 11) is 0. The lowest BCUT2D eigenvalue weighted by Gasteiger charge is -2.07. The highest BCUT2D eigenvalue weighted by molar-refractivity contribution is 6.29. The van der Waals surface area contributed by atoms with Crippen molar-refractivity contribution >= 4 is 23.4 Å². The Morgan fingerprint density at radius 2 is 2.36 bits per heavy atom. The molecule has 0 saturated carbocycles. The predicted octanol–water partition coefficient (Wildman–Crippen LogP) is -0.0462. The van der Waals surface area contributed by atoms with E-state index in [1.165, 1.54) is 0 Å². The number of carboxylic acid groups (broad SMARTS) is 1. The van der Waals surface area contributed by atoms with Crippen LogP contribution in [0.15, 0.2) is 12.1 Å². The summed E-state index contributed by atoms with van der Waals surface area (Å²) in [5.74, 6) is -0.634. The van der Waals surface area contributed by atoms with Crippen LogP contribution >= 0.6 is 11.6 Å². The lowest BCUT2D eigenvalue weighted by Crippen LogP contribution is -2.37. The van der Waals surface area contributed by atoms with Crippen LogP contribution in [0.2, 0.25) is 5.15 Å². The van der Waals surface area contributed by atoms with Crippen LogP contribution in [0.1, 0.15) is 0 Å². The van der Waals surface area contributed by atoms with Crippen molar-refractivity contribution in [2.45, 2.75) is 6.04 Å². The van der Waals surface area contributed by atoms with Gasteiger partial charge in [0.2, 0.25) is 0 Å². The van der Waals surface area contributed by atoms with E-state index in [0.717, 1.165) is 0 Å². The molecule has 0 saturated heterocycles. The number of rotatable bonds is 4. The van der Waals surface area contributed by atoms with Crippen LogP contribution in [0.25, 0.3) is 0 Å². The third-order valence-electron chi connectivity index (χ3n) is 1.45. The molecule has 4 N–H and O–H groups in total. The largest absolute Gasteiger partial charge is 0.480 e. The Balaban J connectivity index is 2.46. The van der Waals surface area contributed by atoms with Crippen LogP contribution in [0.5, 0.6) is 0 Å². The van der Waals surface area contributed by atoms with Crippen molar-refractivity contribution in [2.75, 3.05) is 11.9 Å². The van der Waals surface area contributed by atoms with Gasteiger partial charge in [-0.05, 0) is 12.1 Å². The minimum atomic E-state index is -1.07. The van der Waals surface area contributed by atoms with Gasteiger partial charge in [-0.3, -0.25) is 4.79 Å². The summed E-state index contributed by atoms with van der Waals surface area (Å²) in [4.78, 5) is 10.4. The minimum absolute atomic E-state index is 0.0889. The number of aromatic nitrogens is 2. The fourth-order valence-corrected chi connectivity index (χ4v) is 0.813. The number of carbonyl (C=O) groups is 1. The van der Waals surface area contributed by atoms with Crippen LogP contribution in [0, 0.1) is 0 Å². The zero-order valence-electron chi connectivity index (χ0n) is 7.14. The number of hydrogen-bond donors (Lipinski definition) is 3. The second-order valence-electron chi connectivity index (χ2n) is 2.57. The van der Waals surface area contributed by atoms with E-state index in [1.807, 2.05) is 0 Å². The Kier molecular flexibility index (Phi) is 3.61. The van der Waals surface area contributed by atoms with Crippen LogP contribution in [0.4, 0.5) is 5.82 Å². The molecule has 0 fully saturated rings. The average Bonchev–Trinajstić information content (AvgIpc) is 2.16. The summed E-state index contributed by atoms with van der Waals surface area (Å²) < 4.78 is 0. The fourth-order valence-electron chi connectivity index (χ4n) is 0.712. The molecule has 1 rings (SSSR count). The van der Waals surface area contributed by atoms with E-state index in [4.69, 9.17) is 22.4 Å². The van der Waals surface area contributed by atoms with Crippen molar-refractivity contribution in [1.82, 2.24) is 10.2 Å². The van der Waals surface area contributed by atoms with Gasteiger partial charge >= 0.3 is 5.97 Å². The molecule has 0 aliphatic carbocycles. The molecule has 0 bridgehead atoms. The van der Waals surface area contributed by atoms with Crippen molar-refractivity contribution in [3.05, 3.63) is 17.3 Å². The van der Waals surface area contributed by atoms with Gasteiger partial charge in [0.15, 0.2) is 5.15 Å². The van der Waals surface area contributed by atoms with Gasteiger partial charge in [-0.1, -0.05) is 11.6 Å². The molecule has 7 heteroatoms. The first-order chi connectivity index (χ1) is 6.59. The molecule has 0 aliphatic rings. The quantitative estimate of drug-likeness (QED) is 0.653. The molecule has 1 unspecified atom stereocenters. The molecule has 14 heavy (non-hydrogen) atoms. The Labute approximate surface area is 85.1 Å². The first-order valence-electron chi connectivity index (χ1n) is 3.81. The number of halogens is 1. The number of carboxylic acids is 1. The maximum atomic E-state index is 10.4. The van der Waals surface area contributed by atoms with Crippen LogP contribution in [-0.4, -0.2) is 33.9 Å². The van der Waals surface area contributed by atoms with E-state index in [9.17, 15) is 4.79 Å². The highest BCUT2D eigenvalue weighted by Crippen LogP contribution is 2.05. The third-order valence-corrected chi connectivity index (χ3v) is 1.65. The highest BCUT2D eigenvalue weighted by Gasteiger charge is 2.10. The topological polar surface area (TPSA) is 101 Å². The van der Waals surface area contributed by atoms with Gasteiger partial charge < -0.3 is 16.2 Å². The predicted molar refractivity (Wildman–Crippen MR) is 51.1 cm³/mol. The number of anilines is 1. The smallest absolute Gasteiger partial charge is 0.322 e. The van der Waals surface area contributed by atoms with Gasteiger partial charge in [0.25, 0.3) is 0 Å². The minimum Gasteiger partial charge on any atom is -0.480 e. The van der Waals surface area contributed by atoms with Gasteiger partial charge in [-0.2, -0.15) is 0 Å². The lowest BCUT2D eigenvalue weighted by molar-refractivity contribution is -0.138. The summed E-state index contributed by atoms with van der Waals surface area (Å²) in [6.45, 7) is 0.0889. The van der Waals surface area contributed by atoms with E-state index in [1.54, 1.807) is 12.1 Å². The average molecular weight is 217 g/mol. The molecule has 76 valence electrons. The van der Waals surface area contributed by atoms with Crippen LogP contribution in [-0.2, 0) is 4.79 Å². The molecule has 6 nitrogen and oxygen atoms in total. The second kappa shape index (κ2) is 4.73. The van der Waals surface area contributed by atoms with E-state index < -0.39 is 12.0 Å². The van der Waals surface area contributed by atoms with Gasteiger partial charge in [-0.25, -0.2) is 0 Å². The lowest BCUT2D eigenvalue weighted by atomic mass is 10.3. The van der Waals surface area contributed by atoms with Crippen LogP contribution in [0.3, 0.4) is 0 Å². The zero-order valence-corrected chi connectivity index (χ0v) is 7.90. The maximum absolute atomic E-state index is 10.4. The molecule has 1 aromatic heterocycles. The van der Waals surface area contributed by atoms with Crippen molar-refractivity contribution < 1.29 is 9.90 Å².